The average molecular weight is 275 g/mol. The number of carboxylic acid groups (broad SMARTS) is 2. The SMILES string of the molecule is O=C(O)N(Cc1cc([N+](=O)[O-])ccc1Cl)C(=O)O. The normalized spacial score (nSPS) is 9.83. The molecule has 8 nitrogen and oxygen atoms in total. The fourth-order valence-electron chi connectivity index (χ4n) is 1.18. The van der Waals surface area contributed by atoms with Crippen LogP contribution in [0.3, 0.4) is 0 Å². The van der Waals surface area contributed by atoms with Crippen molar-refractivity contribution in [1.29, 1.82) is 0 Å². The van der Waals surface area contributed by atoms with Crippen LogP contribution >= 0.6 is 11.6 Å². The molecule has 0 bridgehead atoms. The first-order valence-electron chi connectivity index (χ1n) is 4.49. The lowest BCUT2D eigenvalue weighted by Crippen LogP contribution is -2.33. The first kappa shape index (κ1) is 13.7. The molecule has 0 aliphatic rings. The summed E-state index contributed by atoms with van der Waals surface area (Å²) in [6, 6.07) is 3.37. The number of rotatable bonds is 3. The summed E-state index contributed by atoms with van der Waals surface area (Å²) in [7, 11) is 0. The number of nitro benzene ring substituents is 1. The summed E-state index contributed by atoms with van der Waals surface area (Å²) in [6.07, 6.45) is -3.38. The third-order valence-electron chi connectivity index (χ3n) is 2.03. The minimum atomic E-state index is -1.69. The monoisotopic (exact) mass is 274 g/mol. The minimum Gasteiger partial charge on any atom is -0.465 e. The second-order valence-corrected chi connectivity index (χ2v) is 3.59. The van der Waals surface area contributed by atoms with Gasteiger partial charge in [0.2, 0.25) is 0 Å². The van der Waals surface area contributed by atoms with Crippen LogP contribution in [-0.2, 0) is 6.54 Å². The van der Waals surface area contributed by atoms with Crippen LogP contribution in [-0.4, -0.2) is 32.2 Å². The summed E-state index contributed by atoms with van der Waals surface area (Å²) >= 11 is 5.72. The van der Waals surface area contributed by atoms with Gasteiger partial charge in [-0.2, -0.15) is 0 Å². The smallest absolute Gasteiger partial charge is 0.417 e. The summed E-state index contributed by atoms with van der Waals surface area (Å²) in [5.41, 5.74) is -0.263. The first-order chi connectivity index (χ1) is 8.32. The molecule has 0 atom stereocenters. The van der Waals surface area contributed by atoms with Crippen LogP contribution < -0.4 is 0 Å². The summed E-state index contributed by atoms with van der Waals surface area (Å²) in [4.78, 5) is 31.2. The third kappa shape index (κ3) is 3.08. The highest BCUT2D eigenvalue weighted by Crippen LogP contribution is 2.23. The number of imide groups is 1. The third-order valence-corrected chi connectivity index (χ3v) is 2.40. The lowest BCUT2D eigenvalue weighted by Gasteiger charge is -2.13. The van der Waals surface area contributed by atoms with Gasteiger partial charge in [0.05, 0.1) is 11.5 Å². The molecule has 0 fully saturated rings. The molecule has 1 aromatic carbocycles. The number of carbonyl (C=O) groups is 2. The van der Waals surface area contributed by atoms with Crippen molar-refractivity contribution < 1.29 is 24.7 Å². The lowest BCUT2D eigenvalue weighted by atomic mass is 10.2. The molecule has 96 valence electrons. The molecule has 1 aromatic rings. The molecule has 0 heterocycles. The molecular formula is C9H7ClN2O6. The van der Waals surface area contributed by atoms with Gasteiger partial charge in [-0.25, -0.2) is 14.5 Å². The van der Waals surface area contributed by atoms with E-state index in [1.165, 1.54) is 6.07 Å². The van der Waals surface area contributed by atoms with E-state index in [0.29, 0.717) is 0 Å². The Morgan fingerprint density at radius 2 is 1.89 bits per heavy atom. The van der Waals surface area contributed by atoms with E-state index in [1.54, 1.807) is 0 Å². The van der Waals surface area contributed by atoms with Gasteiger partial charge < -0.3 is 10.2 Å². The second kappa shape index (κ2) is 5.32. The van der Waals surface area contributed by atoms with Gasteiger partial charge in [0.15, 0.2) is 0 Å². The Labute approximate surface area is 105 Å². The van der Waals surface area contributed by atoms with Crippen molar-refractivity contribution in [3.8, 4) is 0 Å². The predicted octanol–water partition coefficient (Wildman–Crippen LogP) is 2.41. The Hall–Kier alpha value is -2.35. The zero-order valence-corrected chi connectivity index (χ0v) is 9.49. The summed E-state index contributed by atoms with van der Waals surface area (Å²) in [5.74, 6) is 0. The maximum Gasteiger partial charge on any atom is 0.417 e. The predicted molar refractivity (Wildman–Crippen MR) is 59.7 cm³/mol. The molecule has 0 saturated carbocycles. The van der Waals surface area contributed by atoms with E-state index in [-0.39, 0.29) is 21.2 Å². The van der Waals surface area contributed by atoms with Gasteiger partial charge in [0.25, 0.3) is 5.69 Å². The minimum absolute atomic E-state index is 0.0377. The topological polar surface area (TPSA) is 121 Å². The number of amides is 2. The van der Waals surface area contributed by atoms with E-state index in [4.69, 9.17) is 21.8 Å². The molecule has 2 N–H and O–H groups in total. The van der Waals surface area contributed by atoms with Crippen LogP contribution in [0.1, 0.15) is 5.56 Å². The van der Waals surface area contributed by atoms with Crippen molar-refractivity contribution in [2.45, 2.75) is 6.54 Å². The number of nitro groups is 1. The number of nitrogens with zero attached hydrogens (tertiary/aromatic N) is 2. The second-order valence-electron chi connectivity index (χ2n) is 3.18. The maximum atomic E-state index is 10.6. The molecule has 0 aliphatic heterocycles. The molecule has 0 aromatic heterocycles. The number of hydrogen-bond acceptors (Lipinski definition) is 4. The van der Waals surface area contributed by atoms with Crippen molar-refractivity contribution in [1.82, 2.24) is 4.90 Å². The maximum absolute atomic E-state index is 10.6. The zero-order valence-electron chi connectivity index (χ0n) is 8.74. The fraction of sp³-hybridized carbons (Fsp3) is 0.111. The molecule has 0 spiro atoms. The summed E-state index contributed by atoms with van der Waals surface area (Å²) in [5, 5.41) is 27.9. The highest BCUT2D eigenvalue weighted by molar-refractivity contribution is 6.31. The number of non-ortho nitro benzene ring substituents is 1. The Balaban J connectivity index is 3.09. The largest absolute Gasteiger partial charge is 0.465 e. The van der Waals surface area contributed by atoms with Crippen molar-refractivity contribution in [3.05, 3.63) is 38.9 Å². The van der Waals surface area contributed by atoms with Crippen LogP contribution in [0.2, 0.25) is 5.02 Å². The average Bonchev–Trinajstić information content (AvgIpc) is 2.26. The summed E-state index contributed by atoms with van der Waals surface area (Å²) in [6.45, 7) is -0.578. The van der Waals surface area contributed by atoms with Crippen LogP contribution in [0, 0.1) is 10.1 Å². The standard InChI is InChI=1S/C9H7ClN2O6/c10-7-2-1-6(12(17)18)3-5(7)4-11(8(13)14)9(15)16/h1-3H,4H2,(H,13,14)(H,15,16). The quantitative estimate of drug-likeness (QED) is 0.645. The van der Waals surface area contributed by atoms with Gasteiger partial charge in [0, 0.05) is 17.2 Å². The molecule has 0 radical (unpaired) electrons. The summed E-state index contributed by atoms with van der Waals surface area (Å²) < 4.78 is 0. The van der Waals surface area contributed by atoms with Crippen LogP contribution in [0.25, 0.3) is 0 Å². The number of halogens is 1. The van der Waals surface area contributed by atoms with Crippen molar-refractivity contribution in [3.63, 3.8) is 0 Å². The van der Waals surface area contributed by atoms with E-state index in [2.05, 4.69) is 0 Å². The van der Waals surface area contributed by atoms with Crippen LogP contribution in [0.5, 0.6) is 0 Å². The highest BCUT2D eigenvalue weighted by atomic mass is 35.5. The van der Waals surface area contributed by atoms with Gasteiger partial charge >= 0.3 is 12.2 Å². The first-order valence-corrected chi connectivity index (χ1v) is 4.87. The number of benzene rings is 1. The Morgan fingerprint density at radius 1 is 1.33 bits per heavy atom. The van der Waals surface area contributed by atoms with E-state index in [0.717, 1.165) is 12.1 Å². The van der Waals surface area contributed by atoms with Gasteiger partial charge in [-0.3, -0.25) is 10.1 Å². The van der Waals surface area contributed by atoms with Gasteiger partial charge in [-0.1, -0.05) is 11.6 Å². The zero-order chi connectivity index (χ0) is 13.9. The van der Waals surface area contributed by atoms with Gasteiger partial charge in [-0.05, 0) is 11.6 Å². The Kier molecular flexibility index (Phi) is 4.05. The molecule has 0 saturated heterocycles. The highest BCUT2D eigenvalue weighted by Gasteiger charge is 2.22. The van der Waals surface area contributed by atoms with Crippen molar-refractivity contribution in [2.75, 3.05) is 0 Å². The van der Waals surface area contributed by atoms with Crippen LogP contribution in [0.15, 0.2) is 18.2 Å². The van der Waals surface area contributed by atoms with Crippen molar-refractivity contribution >= 4 is 29.5 Å². The molecule has 18 heavy (non-hydrogen) atoms. The molecule has 0 unspecified atom stereocenters. The van der Waals surface area contributed by atoms with Gasteiger partial charge in [-0.15, -0.1) is 0 Å². The van der Waals surface area contributed by atoms with E-state index < -0.39 is 23.7 Å². The van der Waals surface area contributed by atoms with E-state index in [9.17, 15) is 19.7 Å². The molecule has 0 aliphatic carbocycles. The lowest BCUT2D eigenvalue weighted by molar-refractivity contribution is -0.384. The number of hydrogen-bond donors (Lipinski definition) is 2. The van der Waals surface area contributed by atoms with Gasteiger partial charge in [0.1, 0.15) is 0 Å². The Morgan fingerprint density at radius 3 is 2.33 bits per heavy atom. The Bertz CT molecular complexity index is 504. The molecular weight excluding hydrogens is 268 g/mol. The van der Waals surface area contributed by atoms with E-state index >= 15 is 0 Å². The molecule has 2 amide bonds. The molecule has 1 rings (SSSR count). The molecule has 9 heteroatoms. The van der Waals surface area contributed by atoms with E-state index in [1.807, 2.05) is 0 Å². The van der Waals surface area contributed by atoms with Crippen LogP contribution in [0.4, 0.5) is 15.3 Å². The fourth-order valence-corrected chi connectivity index (χ4v) is 1.36. The van der Waals surface area contributed by atoms with Crippen molar-refractivity contribution in [2.24, 2.45) is 0 Å².